The van der Waals surface area contributed by atoms with E-state index in [2.05, 4.69) is 0 Å². The Hall–Kier alpha value is -3.98. The number of hydrogen-bond donors (Lipinski definition) is 4. The van der Waals surface area contributed by atoms with Crippen molar-refractivity contribution in [3.8, 4) is 11.5 Å². The maximum Gasteiger partial charge on any atom is 0.292 e. The van der Waals surface area contributed by atoms with Crippen molar-refractivity contribution in [3.05, 3.63) is 117 Å². The Morgan fingerprint density at radius 3 is 2.43 bits per heavy atom. The fourth-order valence-corrected chi connectivity index (χ4v) is 7.58. The molecule has 3 aromatic carbocycles. The third-order valence-electron chi connectivity index (χ3n) is 10.1. The number of halogens is 3. The standard InChI is InChI=1S/C39H42Cl2N3O9.ClH/c1-5-42(18-22-7-6-14-43(19-22)37-35(48)34(47)33(46)32(21-45)53-37)36(49)23-9-12-29(41)27(15-23)39(2)28-16-25(40)10-13-30(28)44(38(39)50)20-24-8-11-26(51-3)17-31(24)52-4;/h6-17,19,32-35,37,45-48H,5,18,20-21H2,1-4H3;1H/q+1;/p-1/t32-,33+,34+,35-,37?,39?;/m1./s1. The normalized spacial score (nSPS) is 23.4. The number of aliphatic hydroxyl groups is 4. The van der Waals surface area contributed by atoms with E-state index in [0.717, 1.165) is 5.56 Å². The van der Waals surface area contributed by atoms with Crippen LogP contribution in [0.4, 0.5) is 5.69 Å². The Bertz CT molecular complexity index is 2020. The van der Waals surface area contributed by atoms with Crippen LogP contribution in [-0.2, 0) is 28.0 Å². The SMILES string of the molecule is CCN(Cc1ccc[n+](C2O[C@H](CO)[C@H](O)[C@H](O)[C@H]2O)c1)C(=O)c1ccc(Cl)c(C2(C)C(=O)N(Cc3ccc(OC)cc3OC)c3ccc(Cl)cc32)c1.[Cl-]. The van der Waals surface area contributed by atoms with Crippen molar-refractivity contribution in [2.45, 2.75) is 63.0 Å². The molecule has 54 heavy (non-hydrogen) atoms. The van der Waals surface area contributed by atoms with Gasteiger partial charge in [-0.05, 0) is 79.6 Å². The van der Waals surface area contributed by atoms with Crippen LogP contribution in [0.3, 0.4) is 0 Å². The van der Waals surface area contributed by atoms with Gasteiger partial charge in [0.1, 0.15) is 35.2 Å². The molecule has 12 nitrogen and oxygen atoms in total. The molecule has 1 aromatic heterocycles. The largest absolute Gasteiger partial charge is 1.00 e. The predicted molar refractivity (Wildman–Crippen MR) is 196 cm³/mol. The lowest BCUT2D eigenvalue weighted by Gasteiger charge is -2.36. The van der Waals surface area contributed by atoms with E-state index in [9.17, 15) is 30.0 Å². The van der Waals surface area contributed by atoms with Crippen LogP contribution in [0.25, 0.3) is 0 Å². The average Bonchev–Trinajstić information content (AvgIpc) is 3.37. The molecule has 0 aliphatic carbocycles. The van der Waals surface area contributed by atoms with E-state index in [0.29, 0.717) is 56.0 Å². The minimum atomic E-state index is -1.54. The number of pyridine rings is 1. The second-order valence-electron chi connectivity index (χ2n) is 13.2. The number of benzene rings is 3. The quantitative estimate of drug-likeness (QED) is 0.162. The van der Waals surface area contributed by atoms with Crippen molar-refractivity contribution in [1.29, 1.82) is 0 Å². The fraction of sp³-hybridized carbons (Fsp3) is 0.359. The Labute approximate surface area is 329 Å². The topological polar surface area (TPSA) is 153 Å². The highest BCUT2D eigenvalue weighted by Crippen LogP contribution is 2.50. The first kappa shape index (κ1) is 41.2. The molecule has 0 saturated carbocycles. The van der Waals surface area contributed by atoms with Crippen LogP contribution in [0.15, 0.2) is 79.1 Å². The van der Waals surface area contributed by atoms with Crippen molar-refractivity contribution < 1.29 is 61.2 Å². The van der Waals surface area contributed by atoms with Crippen LogP contribution >= 0.6 is 23.2 Å². The monoisotopic (exact) mass is 801 g/mol. The molecule has 0 bridgehead atoms. The summed E-state index contributed by atoms with van der Waals surface area (Å²) in [5.41, 5.74) is 2.19. The highest BCUT2D eigenvalue weighted by molar-refractivity contribution is 6.33. The summed E-state index contributed by atoms with van der Waals surface area (Å²) in [7, 11) is 3.12. The van der Waals surface area contributed by atoms with Crippen LogP contribution in [0.1, 0.15) is 52.7 Å². The first-order valence-electron chi connectivity index (χ1n) is 17.1. The second kappa shape index (κ2) is 16.8. The summed E-state index contributed by atoms with van der Waals surface area (Å²) in [5, 5.41) is 41.6. The Morgan fingerprint density at radius 1 is 0.981 bits per heavy atom. The van der Waals surface area contributed by atoms with E-state index < -0.39 is 42.7 Å². The van der Waals surface area contributed by atoms with Crippen molar-refractivity contribution in [1.82, 2.24) is 4.90 Å². The Kier molecular flexibility index (Phi) is 12.8. The highest BCUT2D eigenvalue weighted by atomic mass is 35.5. The lowest BCUT2D eigenvalue weighted by atomic mass is 9.76. The van der Waals surface area contributed by atoms with Crippen LogP contribution in [0.2, 0.25) is 10.0 Å². The van der Waals surface area contributed by atoms with Crippen LogP contribution < -0.4 is 31.3 Å². The number of carbonyl (C=O) groups is 2. The number of anilines is 1. The van der Waals surface area contributed by atoms with E-state index in [1.165, 1.54) is 4.57 Å². The summed E-state index contributed by atoms with van der Waals surface area (Å²) in [5.74, 6) is 0.607. The smallest absolute Gasteiger partial charge is 0.292 e. The van der Waals surface area contributed by atoms with Gasteiger partial charge in [-0.2, -0.15) is 4.57 Å². The van der Waals surface area contributed by atoms with Gasteiger partial charge in [-0.15, -0.1) is 0 Å². The molecule has 0 radical (unpaired) electrons. The summed E-state index contributed by atoms with van der Waals surface area (Å²) < 4.78 is 18.2. The van der Waals surface area contributed by atoms with Gasteiger partial charge in [-0.3, -0.25) is 9.59 Å². The second-order valence-corrected chi connectivity index (χ2v) is 14.1. The number of carbonyl (C=O) groups excluding carboxylic acids is 2. The molecule has 3 heterocycles. The zero-order valence-electron chi connectivity index (χ0n) is 30.0. The first-order chi connectivity index (χ1) is 25.4. The summed E-state index contributed by atoms with van der Waals surface area (Å²) >= 11 is 13.4. The molecular weight excluding hydrogens is 761 g/mol. The predicted octanol–water partition coefficient (Wildman–Crippen LogP) is 0.790. The van der Waals surface area contributed by atoms with E-state index in [1.807, 2.05) is 13.0 Å². The third kappa shape index (κ3) is 7.49. The summed E-state index contributed by atoms with van der Waals surface area (Å²) in [6.07, 6.45) is -3.38. The Balaban J connectivity index is 0.00000561. The number of amides is 2. The molecule has 1 fully saturated rings. The van der Waals surface area contributed by atoms with Crippen LogP contribution in [-0.4, -0.2) is 88.9 Å². The Morgan fingerprint density at radius 2 is 1.74 bits per heavy atom. The summed E-state index contributed by atoms with van der Waals surface area (Å²) in [6.45, 7) is 3.76. The maximum absolute atomic E-state index is 14.6. The van der Waals surface area contributed by atoms with Gasteiger partial charge in [0.25, 0.3) is 12.1 Å². The number of hydrogen-bond acceptors (Lipinski definition) is 9. The van der Waals surface area contributed by atoms with E-state index in [1.54, 1.807) is 104 Å². The molecule has 1 saturated heterocycles. The molecule has 6 rings (SSSR count). The van der Waals surface area contributed by atoms with E-state index in [-0.39, 0.29) is 37.3 Å². The van der Waals surface area contributed by atoms with Gasteiger partial charge >= 0.3 is 0 Å². The van der Waals surface area contributed by atoms with Gasteiger partial charge in [0, 0.05) is 51.1 Å². The summed E-state index contributed by atoms with van der Waals surface area (Å²) in [4.78, 5) is 32.1. The van der Waals surface area contributed by atoms with Gasteiger partial charge in [0.05, 0.1) is 33.9 Å². The molecule has 2 aliphatic rings. The zero-order valence-corrected chi connectivity index (χ0v) is 32.3. The molecule has 0 spiro atoms. The van der Waals surface area contributed by atoms with Crippen LogP contribution in [0, 0.1) is 0 Å². The lowest BCUT2D eigenvalue weighted by Crippen LogP contribution is -3.00. The van der Waals surface area contributed by atoms with Crippen molar-refractivity contribution in [2.24, 2.45) is 0 Å². The average molecular weight is 803 g/mol. The number of nitrogens with zero attached hydrogens (tertiary/aromatic N) is 3. The lowest BCUT2D eigenvalue weighted by molar-refractivity contribution is -0.778. The molecule has 6 atom stereocenters. The molecule has 4 N–H and O–H groups in total. The molecule has 2 unspecified atom stereocenters. The van der Waals surface area contributed by atoms with Gasteiger partial charge in [-0.1, -0.05) is 23.2 Å². The number of rotatable bonds is 11. The molecule has 15 heteroatoms. The maximum atomic E-state index is 14.6. The minimum Gasteiger partial charge on any atom is -1.00 e. The molecule has 4 aromatic rings. The first-order valence-corrected chi connectivity index (χ1v) is 17.8. The van der Waals surface area contributed by atoms with Gasteiger partial charge in [0.2, 0.25) is 5.91 Å². The van der Waals surface area contributed by atoms with Crippen molar-refractivity contribution in [3.63, 3.8) is 0 Å². The summed E-state index contributed by atoms with van der Waals surface area (Å²) in [6, 6.07) is 19.1. The number of methoxy groups -OCH3 is 2. The number of aliphatic hydroxyl groups excluding tert-OH is 4. The van der Waals surface area contributed by atoms with Gasteiger partial charge in [0.15, 0.2) is 18.5 Å². The number of aromatic nitrogens is 1. The molecule has 2 amide bonds. The minimum absolute atomic E-state index is 0. The third-order valence-corrected chi connectivity index (χ3v) is 10.7. The van der Waals surface area contributed by atoms with Gasteiger partial charge < -0.3 is 56.8 Å². The molecular formula is C39H42Cl3N3O9. The fourth-order valence-electron chi connectivity index (χ4n) is 7.10. The van der Waals surface area contributed by atoms with Crippen molar-refractivity contribution in [2.75, 3.05) is 32.3 Å². The van der Waals surface area contributed by atoms with Gasteiger partial charge in [-0.25, -0.2) is 0 Å². The van der Waals surface area contributed by atoms with E-state index in [4.69, 9.17) is 37.4 Å². The zero-order chi connectivity index (χ0) is 38.2. The number of fused-ring (bicyclic) bond motifs is 1. The molecule has 2 aliphatic heterocycles. The van der Waals surface area contributed by atoms with E-state index >= 15 is 0 Å². The van der Waals surface area contributed by atoms with Crippen molar-refractivity contribution >= 4 is 40.7 Å². The highest BCUT2D eigenvalue weighted by Gasteiger charge is 2.50. The molecule has 288 valence electrons. The van der Waals surface area contributed by atoms with Crippen LogP contribution in [0.5, 0.6) is 11.5 Å². The number of ether oxygens (including phenoxy) is 3.